The molecule has 0 saturated carbocycles. The van der Waals surface area contributed by atoms with Gasteiger partial charge in [-0.25, -0.2) is 0 Å². The zero-order valence-corrected chi connectivity index (χ0v) is 12.9. The smallest absolute Gasteiger partial charge is 0.187 e. The highest BCUT2D eigenvalue weighted by atomic mass is 32.2. The molecule has 0 radical (unpaired) electrons. The fourth-order valence-corrected chi connectivity index (χ4v) is 3.35. The van der Waals surface area contributed by atoms with Gasteiger partial charge in [0.15, 0.2) is 5.82 Å². The van der Waals surface area contributed by atoms with E-state index in [0.717, 1.165) is 28.0 Å². The predicted molar refractivity (Wildman–Crippen MR) is 89.3 cm³/mol. The lowest BCUT2D eigenvalue weighted by atomic mass is 10.1. The van der Waals surface area contributed by atoms with Gasteiger partial charge in [0.05, 0.1) is 5.71 Å². The van der Waals surface area contributed by atoms with Crippen LogP contribution in [0, 0.1) is 6.92 Å². The minimum absolute atomic E-state index is 0.786. The number of hydrogen-bond acceptors (Lipinski definition) is 4. The summed E-state index contributed by atoms with van der Waals surface area (Å²) >= 11 is 1.67. The van der Waals surface area contributed by atoms with E-state index in [9.17, 15) is 0 Å². The second kappa shape index (κ2) is 5.42. The van der Waals surface area contributed by atoms with Gasteiger partial charge >= 0.3 is 0 Å². The molecule has 0 bridgehead atoms. The number of nitrogens with zero attached hydrogens (tertiary/aromatic N) is 4. The third-order valence-electron chi connectivity index (χ3n) is 3.66. The minimum atomic E-state index is 0.786. The van der Waals surface area contributed by atoms with Crippen LogP contribution in [-0.4, -0.2) is 26.3 Å². The first-order valence-corrected chi connectivity index (χ1v) is 8.09. The van der Waals surface area contributed by atoms with Crippen molar-refractivity contribution in [2.75, 3.05) is 5.75 Å². The molecule has 1 aliphatic rings. The fraction of sp³-hybridized carbons (Fsp3) is 0.118. The van der Waals surface area contributed by atoms with E-state index in [1.54, 1.807) is 11.8 Å². The van der Waals surface area contributed by atoms with Gasteiger partial charge in [-0.2, -0.15) is 9.78 Å². The van der Waals surface area contributed by atoms with Crippen molar-refractivity contribution >= 4 is 17.5 Å². The van der Waals surface area contributed by atoms with Gasteiger partial charge in [-0.15, -0.1) is 10.2 Å². The molecular formula is C17H14N4S. The quantitative estimate of drug-likeness (QED) is 0.726. The normalized spacial score (nSPS) is 13.6. The molecule has 0 saturated heterocycles. The van der Waals surface area contributed by atoms with Gasteiger partial charge in [0, 0.05) is 16.9 Å². The van der Waals surface area contributed by atoms with E-state index in [1.165, 1.54) is 11.1 Å². The molecule has 0 amide bonds. The third kappa shape index (κ3) is 2.23. The molecule has 0 spiro atoms. The zero-order chi connectivity index (χ0) is 14.9. The van der Waals surface area contributed by atoms with Gasteiger partial charge in [0.2, 0.25) is 5.16 Å². The van der Waals surface area contributed by atoms with E-state index < -0.39 is 0 Å². The molecule has 0 N–H and O–H groups in total. The second-order valence-corrected chi connectivity index (χ2v) is 6.08. The summed E-state index contributed by atoms with van der Waals surface area (Å²) in [7, 11) is 0. The van der Waals surface area contributed by atoms with Gasteiger partial charge in [0.1, 0.15) is 0 Å². The van der Waals surface area contributed by atoms with Crippen LogP contribution < -0.4 is 0 Å². The number of aromatic nitrogens is 3. The number of hydrogen-bond donors (Lipinski definition) is 0. The van der Waals surface area contributed by atoms with Gasteiger partial charge in [0.25, 0.3) is 0 Å². The van der Waals surface area contributed by atoms with E-state index >= 15 is 0 Å². The highest BCUT2D eigenvalue weighted by molar-refractivity contribution is 7.99. The summed E-state index contributed by atoms with van der Waals surface area (Å²) in [6.07, 6.45) is 0. The summed E-state index contributed by atoms with van der Waals surface area (Å²) in [5.41, 5.74) is 4.51. The molecule has 0 aliphatic carbocycles. The molecule has 108 valence electrons. The predicted octanol–water partition coefficient (Wildman–Crippen LogP) is 3.61. The minimum Gasteiger partial charge on any atom is -0.187 e. The average molecular weight is 306 g/mol. The van der Waals surface area contributed by atoms with Crippen molar-refractivity contribution in [2.24, 2.45) is 5.10 Å². The molecule has 22 heavy (non-hydrogen) atoms. The third-order valence-corrected chi connectivity index (χ3v) is 4.59. The monoisotopic (exact) mass is 306 g/mol. The first kappa shape index (κ1) is 13.3. The van der Waals surface area contributed by atoms with Crippen LogP contribution in [0.5, 0.6) is 0 Å². The van der Waals surface area contributed by atoms with Crippen molar-refractivity contribution in [1.82, 2.24) is 14.9 Å². The maximum atomic E-state index is 4.80. The first-order chi connectivity index (χ1) is 10.8. The maximum Gasteiger partial charge on any atom is 0.212 e. The highest BCUT2D eigenvalue weighted by Gasteiger charge is 2.21. The van der Waals surface area contributed by atoms with Crippen LogP contribution in [0.4, 0.5) is 0 Å². The number of fused-ring (bicyclic) bond motifs is 1. The van der Waals surface area contributed by atoms with Gasteiger partial charge in [-0.05, 0) is 12.5 Å². The van der Waals surface area contributed by atoms with Gasteiger partial charge < -0.3 is 0 Å². The van der Waals surface area contributed by atoms with Crippen molar-refractivity contribution in [3.05, 3.63) is 65.7 Å². The summed E-state index contributed by atoms with van der Waals surface area (Å²) in [6.45, 7) is 2.11. The Bertz CT molecular complexity index is 852. The average Bonchev–Trinajstić information content (AvgIpc) is 2.99. The Balaban J connectivity index is 1.83. The van der Waals surface area contributed by atoms with E-state index in [0.29, 0.717) is 0 Å². The van der Waals surface area contributed by atoms with Crippen LogP contribution in [0.1, 0.15) is 11.1 Å². The Morgan fingerprint density at radius 3 is 2.55 bits per heavy atom. The molecule has 2 heterocycles. The van der Waals surface area contributed by atoms with E-state index in [1.807, 2.05) is 35.0 Å². The number of rotatable bonds is 2. The van der Waals surface area contributed by atoms with Crippen LogP contribution in [0.3, 0.4) is 0 Å². The molecule has 5 heteroatoms. The van der Waals surface area contributed by atoms with E-state index in [-0.39, 0.29) is 0 Å². The topological polar surface area (TPSA) is 43.1 Å². The van der Waals surface area contributed by atoms with Crippen molar-refractivity contribution in [2.45, 2.75) is 12.1 Å². The summed E-state index contributed by atoms with van der Waals surface area (Å²) in [4.78, 5) is 0. The lowest BCUT2D eigenvalue weighted by Crippen LogP contribution is -2.14. The molecule has 4 nitrogen and oxygen atoms in total. The molecular weight excluding hydrogens is 292 g/mol. The number of thioether (sulfide) groups is 1. The summed E-state index contributed by atoms with van der Waals surface area (Å²) < 4.78 is 1.85. The SMILES string of the molecule is Cc1ccccc1C1=Nn2c(nnc2-c2ccccc2)SC1. The summed E-state index contributed by atoms with van der Waals surface area (Å²) in [6, 6.07) is 18.4. The van der Waals surface area contributed by atoms with E-state index in [4.69, 9.17) is 5.10 Å². The van der Waals surface area contributed by atoms with Gasteiger partial charge in [-0.1, -0.05) is 66.4 Å². The van der Waals surface area contributed by atoms with Crippen LogP contribution in [0.25, 0.3) is 11.4 Å². The molecule has 4 rings (SSSR count). The Morgan fingerprint density at radius 2 is 1.73 bits per heavy atom. The number of benzene rings is 2. The largest absolute Gasteiger partial charge is 0.212 e. The standard InChI is InChI=1S/C17H14N4S/c1-12-7-5-6-10-14(12)15-11-22-17-19-18-16(21(17)20-15)13-8-3-2-4-9-13/h2-10H,11H2,1H3. The van der Waals surface area contributed by atoms with Crippen molar-refractivity contribution in [1.29, 1.82) is 0 Å². The molecule has 0 atom stereocenters. The van der Waals surface area contributed by atoms with Crippen molar-refractivity contribution in [3.8, 4) is 11.4 Å². The Morgan fingerprint density at radius 1 is 0.955 bits per heavy atom. The fourth-order valence-electron chi connectivity index (χ4n) is 2.52. The highest BCUT2D eigenvalue weighted by Crippen LogP contribution is 2.28. The van der Waals surface area contributed by atoms with Crippen molar-refractivity contribution < 1.29 is 0 Å². The zero-order valence-electron chi connectivity index (χ0n) is 12.1. The molecule has 3 aromatic rings. The Hall–Kier alpha value is -2.40. The lowest BCUT2D eigenvalue weighted by molar-refractivity contribution is 0.762. The van der Waals surface area contributed by atoms with Crippen LogP contribution in [0.2, 0.25) is 0 Å². The number of aryl methyl sites for hydroxylation is 1. The molecule has 0 fully saturated rings. The van der Waals surface area contributed by atoms with Crippen LogP contribution in [0.15, 0.2) is 64.9 Å². The summed E-state index contributed by atoms with van der Waals surface area (Å²) in [5.74, 6) is 1.60. The molecule has 2 aromatic carbocycles. The Labute approximate surface area is 132 Å². The molecule has 0 unspecified atom stereocenters. The molecule has 1 aromatic heterocycles. The Kier molecular flexibility index (Phi) is 3.27. The lowest BCUT2D eigenvalue weighted by Gasteiger charge is -2.15. The van der Waals surface area contributed by atoms with E-state index in [2.05, 4.69) is 41.4 Å². The van der Waals surface area contributed by atoms with Gasteiger partial charge in [-0.3, -0.25) is 0 Å². The maximum absolute atomic E-state index is 4.80. The second-order valence-electron chi connectivity index (χ2n) is 5.13. The summed E-state index contributed by atoms with van der Waals surface area (Å²) in [5, 5.41) is 14.2. The van der Waals surface area contributed by atoms with Crippen LogP contribution >= 0.6 is 11.8 Å². The van der Waals surface area contributed by atoms with Crippen molar-refractivity contribution in [3.63, 3.8) is 0 Å². The molecule has 1 aliphatic heterocycles. The first-order valence-electron chi connectivity index (χ1n) is 7.10. The van der Waals surface area contributed by atoms with Crippen LogP contribution in [-0.2, 0) is 0 Å².